The fourth-order valence-corrected chi connectivity index (χ4v) is 3.58. The van der Waals surface area contributed by atoms with Crippen molar-refractivity contribution in [1.82, 2.24) is 19.9 Å². The molecule has 0 spiro atoms. The molecule has 0 aliphatic heterocycles. The predicted octanol–water partition coefficient (Wildman–Crippen LogP) is 5.03. The zero-order valence-electron chi connectivity index (χ0n) is 13.5. The van der Waals surface area contributed by atoms with E-state index >= 15 is 0 Å². The first-order valence-electron chi connectivity index (χ1n) is 8.13. The molecule has 0 amide bonds. The van der Waals surface area contributed by atoms with Crippen molar-refractivity contribution >= 4 is 43.5 Å². The number of rotatable bonds is 3. The summed E-state index contributed by atoms with van der Waals surface area (Å²) in [6, 6.07) is 15.7. The van der Waals surface area contributed by atoms with Gasteiger partial charge in [0.2, 0.25) is 5.78 Å². The van der Waals surface area contributed by atoms with Crippen LogP contribution in [-0.4, -0.2) is 25.7 Å². The fourth-order valence-electron chi connectivity index (χ4n) is 3.22. The number of halogens is 1. The molecule has 0 fully saturated rings. The third kappa shape index (κ3) is 2.38. The van der Waals surface area contributed by atoms with Crippen LogP contribution >= 0.6 is 15.9 Å². The lowest BCUT2D eigenvalue weighted by molar-refractivity contribution is 0.102. The zero-order chi connectivity index (χ0) is 17.7. The van der Waals surface area contributed by atoms with E-state index in [-0.39, 0.29) is 5.78 Å². The molecular formula is C20H13BrN4O. The van der Waals surface area contributed by atoms with Gasteiger partial charge in [-0.2, -0.15) is 0 Å². The summed E-state index contributed by atoms with van der Waals surface area (Å²) in [6.45, 7) is 0. The van der Waals surface area contributed by atoms with Gasteiger partial charge in [0.15, 0.2) is 5.82 Å². The molecule has 3 N–H and O–H groups in total. The number of H-pyrrole nitrogens is 3. The Kier molecular flexibility index (Phi) is 3.33. The monoisotopic (exact) mass is 404 g/mol. The van der Waals surface area contributed by atoms with Gasteiger partial charge < -0.3 is 15.0 Å². The molecule has 0 unspecified atom stereocenters. The Morgan fingerprint density at radius 3 is 2.77 bits per heavy atom. The predicted molar refractivity (Wildman–Crippen MR) is 105 cm³/mol. The lowest BCUT2D eigenvalue weighted by Crippen LogP contribution is -2.03. The first-order valence-corrected chi connectivity index (χ1v) is 8.93. The number of para-hydroxylation sites is 1. The summed E-state index contributed by atoms with van der Waals surface area (Å²) in [5.74, 6) is 0.160. The number of imidazole rings is 1. The topological polar surface area (TPSA) is 77.3 Å². The summed E-state index contributed by atoms with van der Waals surface area (Å²) in [4.78, 5) is 26.6. The number of hydrogen-bond acceptors (Lipinski definition) is 2. The van der Waals surface area contributed by atoms with E-state index in [1.54, 1.807) is 6.20 Å². The number of aromatic nitrogens is 4. The summed E-state index contributed by atoms with van der Waals surface area (Å²) >= 11 is 3.47. The van der Waals surface area contributed by atoms with E-state index in [1.165, 1.54) is 0 Å². The van der Waals surface area contributed by atoms with Crippen LogP contribution in [0.25, 0.3) is 33.1 Å². The maximum absolute atomic E-state index is 12.8. The second-order valence-electron chi connectivity index (χ2n) is 6.14. The number of fused-ring (bicyclic) bond motifs is 2. The third-order valence-corrected chi connectivity index (χ3v) is 4.99. The fraction of sp³-hybridized carbons (Fsp3) is 0. The number of aromatic amines is 3. The van der Waals surface area contributed by atoms with Crippen molar-refractivity contribution < 1.29 is 4.79 Å². The van der Waals surface area contributed by atoms with Crippen molar-refractivity contribution in [1.29, 1.82) is 0 Å². The van der Waals surface area contributed by atoms with E-state index < -0.39 is 0 Å². The van der Waals surface area contributed by atoms with Crippen LogP contribution in [0.2, 0.25) is 0 Å². The minimum absolute atomic E-state index is 0.157. The van der Waals surface area contributed by atoms with Gasteiger partial charge in [-0.25, -0.2) is 4.98 Å². The van der Waals surface area contributed by atoms with Crippen molar-refractivity contribution in [2.24, 2.45) is 0 Å². The van der Waals surface area contributed by atoms with Crippen LogP contribution in [0.1, 0.15) is 16.3 Å². The molecule has 3 heterocycles. The van der Waals surface area contributed by atoms with Crippen LogP contribution in [0.4, 0.5) is 0 Å². The molecule has 6 heteroatoms. The van der Waals surface area contributed by atoms with E-state index in [9.17, 15) is 4.79 Å². The van der Waals surface area contributed by atoms with Gasteiger partial charge in [-0.15, -0.1) is 0 Å². The molecule has 0 aliphatic carbocycles. The molecule has 2 aromatic carbocycles. The van der Waals surface area contributed by atoms with Crippen LogP contribution in [0, 0.1) is 0 Å². The molecule has 0 aliphatic rings. The number of hydrogen-bond donors (Lipinski definition) is 3. The molecule has 3 aromatic heterocycles. The van der Waals surface area contributed by atoms with Crippen LogP contribution < -0.4 is 0 Å². The van der Waals surface area contributed by atoms with Gasteiger partial charge in [0.1, 0.15) is 0 Å². The molecule has 5 aromatic rings. The Hall–Kier alpha value is -3.12. The van der Waals surface area contributed by atoms with Crippen LogP contribution in [0.5, 0.6) is 0 Å². The maximum atomic E-state index is 12.8. The Bertz CT molecular complexity index is 1240. The highest BCUT2D eigenvalue weighted by Crippen LogP contribution is 2.29. The standard InChI is InChI=1S/C20H13BrN4O/c21-12-5-6-13-14(9-22-16(13)8-12)18-10-23-20(25-18)19(26)17-7-11-3-1-2-4-15(11)24-17/h1-10,22,24H,(H,23,25). The smallest absolute Gasteiger partial charge is 0.244 e. The van der Waals surface area contributed by atoms with Crippen molar-refractivity contribution in [2.75, 3.05) is 0 Å². The number of nitrogens with zero attached hydrogens (tertiary/aromatic N) is 1. The normalized spacial score (nSPS) is 11.4. The molecule has 0 saturated heterocycles. The van der Waals surface area contributed by atoms with E-state index in [0.717, 1.165) is 37.5 Å². The molecule has 0 saturated carbocycles. The number of carbonyl (C=O) groups excluding carboxylic acids is 1. The summed E-state index contributed by atoms with van der Waals surface area (Å²) in [7, 11) is 0. The highest BCUT2D eigenvalue weighted by atomic mass is 79.9. The van der Waals surface area contributed by atoms with Gasteiger partial charge in [0, 0.05) is 38.0 Å². The second-order valence-corrected chi connectivity index (χ2v) is 7.05. The van der Waals surface area contributed by atoms with E-state index in [1.807, 2.05) is 54.7 Å². The molecule has 5 rings (SSSR count). The van der Waals surface area contributed by atoms with Gasteiger partial charge in [-0.1, -0.05) is 40.2 Å². The van der Waals surface area contributed by atoms with Crippen molar-refractivity contribution in [2.45, 2.75) is 0 Å². The molecule has 0 atom stereocenters. The molecule has 0 bridgehead atoms. The highest BCUT2D eigenvalue weighted by molar-refractivity contribution is 9.10. The average Bonchev–Trinajstić information content (AvgIpc) is 3.37. The second kappa shape index (κ2) is 5.71. The summed E-state index contributed by atoms with van der Waals surface area (Å²) in [5.41, 5.74) is 4.26. The van der Waals surface area contributed by atoms with Crippen LogP contribution in [-0.2, 0) is 0 Å². The van der Waals surface area contributed by atoms with Gasteiger partial charge in [0.25, 0.3) is 0 Å². The van der Waals surface area contributed by atoms with Crippen molar-refractivity contribution in [3.63, 3.8) is 0 Å². The van der Waals surface area contributed by atoms with Gasteiger partial charge >= 0.3 is 0 Å². The Morgan fingerprint density at radius 1 is 1.00 bits per heavy atom. The van der Waals surface area contributed by atoms with Crippen molar-refractivity contribution in [3.8, 4) is 11.3 Å². The van der Waals surface area contributed by atoms with E-state index in [4.69, 9.17) is 0 Å². The first kappa shape index (κ1) is 15.2. The minimum Gasteiger partial charge on any atom is -0.360 e. The quantitative estimate of drug-likeness (QED) is 0.368. The Balaban J connectivity index is 1.53. The molecule has 26 heavy (non-hydrogen) atoms. The van der Waals surface area contributed by atoms with Gasteiger partial charge in [-0.05, 0) is 24.3 Å². The summed E-state index contributed by atoms with van der Waals surface area (Å²) < 4.78 is 1.01. The zero-order valence-corrected chi connectivity index (χ0v) is 15.1. The third-order valence-electron chi connectivity index (χ3n) is 4.50. The lowest BCUT2D eigenvalue weighted by atomic mass is 10.1. The Morgan fingerprint density at radius 2 is 1.88 bits per heavy atom. The van der Waals surface area contributed by atoms with E-state index in [0.29, 0.717) is 11.5 Å². The SMILES string of the molecule is O=C(c1cc2ccccc2[nH]1)c1ncc(-c2c[nH]c3cc(Br)ccc23)[nH]1. The van der Waals surface area contributed by atoms with Crippen LogP contribution in [0.15, 0.2) is 65.4 Å². The first-order chi connectivity index (χ1) is 12.7. The largest absolute Gasteiger partial charge is 0.360 e. The number of ketones is 1. The number of benzene rings is 2. The van der Waals surface area contributed by atoms with E-state index in [2.05, 4.69) is 35.9 Å². The summed E-state index contributed by atoms with van der Waals surface area (Å²) in [5, 5.41) is 2.08. The van der Waals surface area contributed by atoms with Crippen LogP contribution in [0.3, 0.4) is 0 Å². The molecule has 5 nitrogen and oxygen atoms in total. The molecule has 0 radical (unpaired) electrons. The minimum atomic E-state index is -0.157. The maximum Gasteiger partial charge on any atom is 0.244 e. The molecular weight excluding hydrogens is 392 g/mol. The lowest BCUT2D eigenvalue weighted by Gasteiger charge is -1.96. The summed E-state index contributed by atoms with van der Waals surface area (Å²) in [6.07, 6.45) is 3.61. The van der Waals surface area contributed by atoms with Gasteiger partial charge in [-0.3, -0.25) is 4.79 Å². The van der Waals surface area contributed by atoms with Crippen molar-refractivity contribution in [3.05, 3.63) is 76.9 Å². The Labute approximate surface area is 156 Å². The number of carbonyl (C=O) groups is 1. The van der Waals surface area contributed by atoms with Gasteiger partial charge in [0.05, 0.1) is 17.6 Å². The molecule has 126 valence electrons. The average molecular weight is 405 g/mol. The number of nitrogens with one attached hydrogen (secondary N) is 3. The highest BCUT2D eigenvalue weighted by Gasteiger charge is 2.17.